The maximum Gasteiger partial charge on any atom is 0.0626 e. The number of hydrogen-bond acceptors (Lipinski definition) is 2. The predicted molar refractivity (Wildman–Crippen MR) is 106 cm³/mol. The van der Waals surface area contributed by atoms with Gasteiger partial charge in [-0.15, -0.1) is 6.58 Å². The molecule has 0 radical (unpaired) electrons. The summed E-state index contributed by atoms with van der Waals surface area (Å²) in [7, 11) is 0. The summed E-state index contributed by atoms with van der Waals surface area (Å²) >= 11 is 0. The number of fused-ring (bicyclic) bond motifs is 1. The molecule has 1 N–H and O–H groups in total. The third-order valence-corrected chi connectivity index (χ3v) is 4.74. The Morgan fingerprint density at radius 2 is 1.76 bits per heavy atom. The van der Waals surface area contributed by atoms with Crippen molar-refractivity contribution in [2.45, 2.75) is 19.4 Å². The molecule has 124 valence electrons. The van der Waals surface area contributed by atoms with E-state index in [-0.39, 0.29) is 0 Å². The Hall–Kier alpha value is -2.84. The first kappa shape index (κ1) is 15.7. The molecule has 0 saturated carbocycles. The number of benzene rings is 3. The first-order chi connectivity index (χ1) is 12.3. The van der Waals surface area contributed by atoms with Gasteiger partial charge in [0.2, 0.25) is 0 Å². The number of anilines is 2. The standard InChI is InChI=1S/C23H22N2/c1-3-7-18-12-14-19(15-13-18)20-8-6-9-21(16-20)25-23-11-5-4-10-22(23)17(2)24-25/h3-6,8-17,24H,1,7H2,2H3. The number of hydrogen-bond donors (Lipinski definition) is 1. The molecule has 1 aliphatic heterocycles. The van der Waals surface area contributed by atoms with Gasteiger partial charge in [-0.1, -0.05) is 60.7 Å². The maximum absolute atomic E-state index is 3.80. The fourth-order valence-corrected chi connectivity index (χ4v) is 3.43. The second-order valence-corrected chi connectivity index (χ2v) is 6.49. The highest BCUT2D eigenvalue weighted by Gasteiger charge is 2.25. The van der Waals surface area contributed by atoms with Crippen molar-refractivity contribution in [2.75, 3.05) is 5.01 Å². The summed E-state index contributed by atoms with van der Waals surface area (Å²) in [6.07, 6.45) is 2.85. The molecule has 0 bridgehead atoms. The number of allylic oxidation sites excluding steroid dienone is 1. The van der Waals surface area contributed by atoms with Crippen LogP contribution in [0.5, 0.6) is 0 Å². The predicted octanol–water partition coefficient (Wildman–Crippen LogP) is 5.80. The van der Waals surface area contributed by atoms with Crippen molar-refractivity contribution in [1.82, 2.24) is 5.43 Å². The molecule has 0 saturated heterocycles. The van der Waals surface area contributed by atoms with Crippen molar-refractivity contribution in [3.63, 3.8) is 0 Å². The second-order valence-electron chi connectivity index (χ2n) is 6.49. The van der Waals surface area contributed by atoms with E-state index in [1.54, 1.807) is 0 Å². The van der Waals surface area contributed by atoms with E-state index in [9.17, 15) is 0 Å². The largest absolute Gasteiger partial charge is 0.276 e. The van der Waals surface area contributed by atoms with Gasteiger partial charge in [0.05, 0.1) is 17.4 Å². The van der Waals surface area contributed by atoms with Gasteiger partial charge in [-0.2, -0.15) is 0 Å². The number of hydrazine groups is 1. The molecule has 0 fully saturated rings. The van der Waals surface area contributed by atoms with Crippen LogP contribution in [0.1, 0.15) is 24.1 Å². The van der Waals surface area contributed by atoms with Gasteiger partial charge < -0.3 is 0 Å². The topological polar surface area (TPSA) is 15.3 Å². The van der Waals surface area contributed by atoms with E-state index in [1.807, 2.05) is 6.08 Å². The quantitative estimate of drug-likeness (QED) is 0.610. The summed E-state index contributed by atoms with van der Waals surface area (Å²) in [5.74, 6) is 0. The van der Waals surface area contributed by atoms with Crippen LogP contribution in [0, 0.1) is 0 Å². The minimum atomic E-state index is 0.318. The Labute approximate surface area is 149 Å². The highest BCUT2D eigenvalue weighted by Crippen LogP contribution is 2.38. The minimum Gasteiger partial charge on any atom is -0.276 e. The lowest BCUT2D eigenvalue weighted by atomic mass is 10.0. The van der Waals surface area contributed by atoms with Crippen LogP contribution in [-0.4, -0.2) is 0 Å². The van der Waals surface area contributed by atoms with E-state index >= 15 is 0 Å². The fraction of sp³-hybridized carbons (Fsp3) is 0.130. The van der Waals surface area contributed by atoms with Crippen molar-refractivity contribution in [3.05, 3.63) is 96.6 Å². The first-order valence-electron chi connectivity index (χ1n) is 8.72. The van der Waals surface area contributed by atoms with Gasteiger partial charge in [0.15, 0.2) is 0 Å². The highest BCUT2D eigenvalue weighted by molar-refractivity contribution is 5.74. The van der Waals surface area contributed by atoms with Crippen molar-refractivity contribution < 1.29 is 0 Å². The monoisotopic (exact) mass is 326 g/mol. The molecule has 2 nitrogen and oxygen atoms in total. The van der Waals surface area contributed by atoms with Crippen molar-refractivity contribution in [2.24, 2.45) is 0 Å². The Bertz CT molecular complexity index is 896. The van der Waals surface area contributed by atoms with Crippen LogP contribution in [0.3, 0.4) is 0 Å². The summed E-state index contributed by atoms with van der Waals surface area (Å²) in [6, 6.07) is 26.3. The molecular weight excluding hydrogens is 304 g/mol. The third kappa shape index (κ3) is 2.97. The van der Waals surface area contributed by atoms with Crippen LogP contribution >= 0.6 is 0 Å². The SMILES string of the molecule is C=CCc1ccc(-c2cccc(N3NC(C)c4ccccc43)c2)cc1. The normalized spacial score (nSPS) is 15.9. The third-order valence-electron chi connectivity index (χ3n) is 4.74. The molecule has 1 atom stereocenters. The number of nitrogens with zero attached hydrogens (tertiary/aromatic N) is 1. The van der Waals surface area contributed by atoms with E-state index in [0.29, 0.717) is 6.04 Å². The number of rotatable bonds is 4. The lowest BCUT2D eigenvalue weighted by Gasteiger charge is -2.21. The summed E-state index contributed by atoms with van der Waals surface area (Å²) in [5, 5.41) is 2.19. The summed E-state index contributed by atoms with van der Waals surface area (Å²) < 4.78 is 0. The molecule has 4 rings (SSSR count). The molecule has 0 amide bonds. The second kappa shape index (κ2) is 6.58. The van der Waals surface area contributed by atoms with Crippen LogP contribution in [0.4, 0.5) is 11.4 Å². The minimum absolute atomic E-state index is 0.318. The lowest BCUT2D eigenvalue weighted by molar-refractivity contribution is 0.634. The molecule has 1 heterocycles. The fourth-order valence-electron chi connectivity index (χ4n) is 3.43. The van der Waals surface area contributed by atoms with Crippen molar-refractivity contribution >= 4 is 11.4 Å². The Kier molecular flexibility index (Phi) is 4.12. The van der Waals surface area contributed by atoms with Gasteiger partial charge in [0.1, 0.15) is 0 Å². The zero-order valence-electron chi connectivity index (χ0n) is 14.4. The average Bonchev–Trinajstić information content (AvgIpc) is 3.00. The molecule has 1 aliphatic rings. The van der Waals surface area contributed by atoms with Crippen LogP contribution in [0.15, 0.2) is 85.5 Å². The Morgan fingerprint density at radius 3 is 2.56 bits per heavy atom. The molecule has 1 unspecified atom stereocenters. The number of nitrogens with one attached hydrogen (secondary N) is 1. The van der Waals surface area contributed by atoms with Gasteiger partial charge in [0, 0.05) is 0 Å². The zero-order chi connectivity index (χ0) is 17.2. The van der Waals surface area contributed by atoms with Crippen molar-refractivity contribution in [1.29, 1.82) is 0 Å². The van der Waals surface area contributed by atoms with Crippen LogP contribution in [0.25, 0.3) is 11.1 Å². The van der Waals surface area contributed by atoms with E-state index in [0.717, 1.165) is 12.1 Å². The molecule has 3 aromatic rings. The Morgan fingerprint density at radius 1 is 0.960 bits per heavy atom. The smallest absolute Gasteiger partial charge is 0.0626 e. The number of para-hydroxylation sites is 1. The first-order valence-corrected chi connectivity index (χ1v) is 8.72. The van der Waals surface area contributed by atoms with Crippen molar-refractivity contribution in [3.8, 4) is 11.1 Å². The highest BCUT2D eigenvalue weighted by atomic mass is 15.5. The van der Waals surface area contributed by atoms with Gasteiger partial charge in [-0.25, -0.2) is 5.43 Å². The summed E-state index contributed by atoms with van der Waals surface area (Å²) in [6.45, 7) is 6.00. The van der Waals surface area contributed by atoms with E-state index in [1.165, 1.54) is 27.9 Å². The van der Waals surface area contributed by atoms with Crippen LogP contribution in [-0.2, 0) is 6.42 Å². The van der Waals surface area contributed by atoms with E-state index in [2.05, 4.69) is 96.7 Å². The molecule has 0 aliphatic carbocycles. The van der Waals surface area contributed by atoms with Crippen LogP contribution < -0.4 is 10.4 Å². The van der Waals surface area contributed by atoms with Gasteiger partial charge in [-0.05, 0) is 53.8 Å². The Balaban J connectivity index is 1.67. The summed E-state index contributed by atoms with van der Waals surface area (Å²) in [4.78, 5) is 0. The lowest BCUT2D eigenvalue weighted by Crippen LogP contribution is -2.28. The zero-order valence-corrected chi connectivity index (χ0v) is 14.4. The van der Waals surface area contributed by atoms with Gasteiger partial charge in [-0.3, -0.25) is 5.01 Å². The van der Waals surface area contributed by atoms with E-state index < -0.39 is 0 Å². The molecule has 3 aromatic carbocycles. The molecule has 0 aromatic heterocycles. The summed E-state index contributed by atoms with van der Waals surface area (Å²) in [5.41, 5.74) is 11.0. The molecule has 2 heteroatoms. The molecule has 0 spiro atoms. The molecule has 25 heavy (non-hydrogen) atoms. The molecular formula is C23H22N2. The van der Waals surface area contributed by atoms with E-state index in [4.69, 9.17) is 0 Å². The van der Waals surface area contributed by atoms with Crippen LogP contribution in [0.2, 0.25) is 0 Å². The average molecular weight is 326 g/mol. The van der Waals surface area contributed by atoms with Gasteiger partial charge in [0.25, 0.3) is 0 Å². The maximum atomic E-state index is 3.80. The van der Waals surface area contributed by atoms with Gasteiger partial charge >= 0.3 is 0 Å².